The molecule has 4 rings (SSSR count). The molecule has 0 saturated carbocycles. The number of aromatic nitrogens is 1. The first kappa shape index (κ1) is 23.4. The number of nitrogens with one attached hydrogen (secondary N) is 2. The second kappa shape index (κ2) is 10.4. The number of carboxylic acid groups (broad SMARTS) is 1. The smallest absolute Gasteiger partial charge is 0.407 e. The number of thiazole rings is 1. The Balaban J connectivity index is 1.30. The number of methoxy groups -OCH3 is 1. The number of amides is 2. The van der Waals surface area contributed by atoms with E-state index in [0.29, 0.717) is 5.01 Å². The van der Waals surface area contributed by atoms with Gasteiger partial charge in [0.2, 0.25) is 0 Å². The van der Waals surface area contributed by atoms with Crippen LogP contribution < -0.4 is 10.6 Å². The van der Waals surface area contributed by atoms with Crippen molar-refractivity contribution in [3.8, 4) is 11.1 Å². The van der Waals surface area contributed by atoms with E-state index in [-0.39, 0.29) is 30.6 Å². The van der Waals surface area contributed by atoms with Gasteiger partial charge >= 0.3 is 12.1 Å². The van der Waals surface area contributed by atoms with Gasteiger partial charge < -0.3 is 25.2 Å². The predicted molar refractivity (Wildman–Crippen MR) is 125 cm³/mol. The Morgan fingerprint density at radius 3 is 2.35 bits per heavy atom. The molecular formula is C24H23N3O6S. The summed E-state index contributed by atoms with van der Waals surface area (Å²) in [6.45, 7) is 0.118. The summed E-state index contributed by atoms with van der Waals surface area (Å²) in [5.41, 5.74) is 4.55. The molecule has 1 aliphatic rings. The fourth-order valence-electron chi connectivity index (χ4n) is 3.86. The van der Waals surface area contributed by atoms with Crippen LogP contribution in [0.3, 0.4) is 0 Å². The Morgan fingerprint density at radius 1 is 1.09 bits per heavy atom. The Bertz CT molecular complexity index is 1170. The van der Waals surface area contributed by atoms with E-state index in [9.17, 15) is 14.4 Å². The van der Waals surface area contributed by atoms with Crippen LogP contribution in [0.2, 0.25) is 0 Å². The first-order chi connectivity index (χ1) is 16.5. The lowest BCUT2D eigenvalue weighted by Gasteiger charge is -2.14. The molecule has 2 aromatic carbocycles. The quantitative estimate of drug-likeness (QED) is 0.429. The summed E-state index contributed by atoms with van der Waals surface area (Å²) in [6, 6.07) is 15.0. The van der Waals surface area contributed by atoms with Crippen LogP contribution in [-0.4, -0.2) is 54.4 Å². The molecular weight excluding hydrogens is 458 g/mol. The number of ether oxygens (including phenoxy) is 2. The Labute approximate surface area is 199 Å². The first-order valence-corrected chi connectivity index (χ1v) is 11.4. The summed E-state index contributed by atoms with van der Waals surface area (Å²) in [4.78, 5) is 40.1. The van der Waals surface area contributed by atoms with Crippen molar-refractivity contribution in [1.82, 2.24) is 15.6 Å². The molecule has 0 aliphatic heterocycles. The Morgan fingerprint density at radius 2 is 1.74 bits per heavy atom. The molecule has 0 spiro atoms. The average Bonchev–Trinajstić information content (AvgIpc) is 3.44. The lowest BCUT2D eigenvalue weighted by atomic mass is 9.98. The van der Waals surface area contributed by atoms with Crippen LogP contribution in [-0.2, 0) is 20.8 Å². The van der Waals surface area contributed by atoms with Gasteiger partial charge in [0.25, 0.3) is 5.91 Å². The molecule has 34 heavy (non-hydrogen) atoms. The van der Waals surface area contributed by atoms with Crippen LogP contribution in [0.5, 0.6) is 0 Å². The number of carbonyl (C=O) groups excluding carboxylic acids is 2. The van der Waals surface area contributed by atoms with Crippen molar-refractivity contribution in [3.05, 3.63) is 75.7 Å². The third-order valence-corrected chi connectivity index (χ3v) is 6.44. The van der Waals surface area contributed by atoms with Crippen molar-refractivity contribution in [2.75, 3.05) is 20.3 Å². The lowest BCUT2D eigenvalue weighted by Crippen LogP contribution is -2.43. The standard InChI is InChI=1S/C24H23N3O6S/c1-32-13-19(23(29)30)27-22(28)20-10-25-21(34-20)11-26-24(31)33-12-18-16-8-4-2-6-14(16)15-7-3-5-9-17(15)18/h2-10,18-19H,11-13H2,1H3,(H,26,31)(H,27,28)(H,29,30)/t19-/m0/s1. The van der Waals surface area contributed by atoms with E-state index in [2.05, 4.69) is 27.8 Å². The third kappa shape index (κ3) is 5.08. The van der Waals surface area contributed by atoms with Crippen molar-refractivity contribution in [2.24, 2.45) is 0 Å². The molecule has 0 bridgehead atoms. The first-order valence-electron chi connectivity index (χ1n) is 10.5. The zero-order chi connectivity index (χ0) is 24.1. The summed E-state index contributed by atoms with van der Waals surface area (Å²) in [6.07, 6.45) is 0.745. The topological polar surface area (TPSA) is 127 Å². The van der Waals surface area contributed by atoms with Crippen LogP contribution in [0.25, 0.3) is 11.1 Å². The van der Waals surface area contributed by atoms with E-state index in [4.69, 9.17) is 14.6 Å². The fraction of sp³-hybridized carbons (Fsp3) is 0.250. The molecule has 1 atom stereocenters. The molecule has 0 saturated heterocycles. The number of hydrogen-bond acceptors (Lipinski definition) is 7. The maximum absolute atomic E-state index is 12.3. The summed E-state index contributed by atoms with van der Waals surface area (Å²) >= 11 is 1.05. The Kier molecular flexibility index (Phi) is 7.19. The molecule has 0 fully saturated rings. The van der Waals surface area contributed by atoms with Crippen molar-refractivity contribution >= 4 is 29.3 Å². The number of rotatable bonds is 9. The van der Waals surface area contributed by atoms with E-state index >= 15 is 0 Å². The van der Waals surface area contributed by atoms with Gasteiger partial charge in [-0.25, -0.2) is 14.6 Å². The van der Waals surface area contributed by atoms with E-state index in [1.165, 1.54) is 13.3 Å². The molecule has 0 radical (unpaired) electrons. The minimum atomic E-state index is -1.20. The number of benzene rings is 2. The molecule has 3 aromatic rings. The van der Waals surface area contributed by atoms with Gasteiger partial charge in [-0.05, 0) is 22.3 Å². The Hall–Kier alpha value is -3.76. The van der Waals surface area contributed by atoms with Gasteiger partial charge in [0.05, 0.1) is 19.3 Å². The number of alkyl carbamates (subject to hydrolysis) is 1. The fourth-order valence-corrected chi connectivity index (χ4v) is 4.63. The summed E-state index contributed by atoms with van der Waals surface area (Å²) in [5.74, 6) is -1.81. The largest absolute Gasteiger partial charge is 0.480 e. The summed E-state index contributed by atoms with van der Waals surface area (Å²) in [5, 5.41) is 14.6. The van der Waals surface area contributed by atoms with Crippen molar-refractivity contribution in [3.63, 3.8) is 0 Å². The summed E-state index contributed by atoms with van der Waals surface area (Å²) in [7, 11) is 1.35. The van der Waals surface area contributed by atoms with Crippen molar-refractivity contribution in [2.45, 2.75) is 18.5 Å². The predicted octanol–water partition coefficient (Wildman–Crippen LogP) is 3.01. The number of aliphatic carboxylic acids is 1. The van der Waals surface area contributed by atoms with Gasteiger partial charge in [-0.2, -0.15) is 0 Å². The number of hydrogen-bond donors (Lipinski definition) is 3. The molecule has 1 aliphatic carbocycles. The van der Waals surface area contributed by atoms with Crippen molar-refractivity contribution < 1.29 is 29.0 Å². The highest BCUT2D eigenvalue weighted by Crippen LogP contribution is 2.44. The second-order valence-corrected chi connectivity index (χ2v) is 8.73. The van der Waals surface area contributed by atoms with Gasteiger partial charge in [-0.1, -0.05) is 48.5 Å². The second-order valence-electron chi connectivity index (χ2n) is 7.62. The molecule has 0 unspecified atom stereocenters. The van der Waals surface area contributed by atoms with Crippen LogP contribution in [0.1, 0.15) is 31.7 Å². The lowest BCUT2D eigenvalue weighted by molar-refractivity contribution is -0.140. The molecule has 1 heterocycles. The molecule has 9 nitrogen and oxygen atoms in total. The van der Waals surface area contributed by atoms with Gasteiger partial charge in [-0.15, -0.1) is 11.3 Å². The van der Waals surface area contributed by atoms with E-state index in [1.807, 2.05) is 36.4 Å². The highest BCUT2D eigenvalue weighted by Gasteiger charge is 2.29. The molecule has 10 heteroatoms. The van der Waals surface area contributed by atoms with Crippen LogP contribution >= 0.6 is 11.3 Å². The molecule has 176 valence electrons. The van der Waals surface area contributed by atoms with Crippen molar-refractivity contribution in [1.29, 1.82) is 0 Å². The van der Waals surface area contributed by atoms with Crippen LogP contribution in [0, 0.1) is 0 Å². The number of fused-ring (bicyclic) bond motifs is 3. The number of carboxylic acids is 1. The van der Waals surface area contributed by atoms with Gasteiger partial charge in [0, 0.05) is 13.0 Å². The highest BCUT2D eigenvalue weighted by atomic mass is 32.1. The van der Waals surface area contributed by atoms with Gasteiger partial charge in [0.15, 0.2) is 6.04 Å². The van der Waals surface area contributed by atoms with Gasteiger partial charge in [-0.3, -0.25) is 4.79 Å². The van der Waals surface area contributed by atoms with Crippen LogP contribution in [0.4, 0.5) is 4.79 Å². The zero-order valence-corrected chi connectivity index (χ0v) is 19.1. The van der Waals surface area contributed by atoms with E-state index in [0.717, 1.165) is 33.6 Å². The van der Waals surface area contributed by atoms with Gasteiger partial charge in [0.1, 0.15) is 16.5 Å². The minimum Gasteiger partial charge on any atom is -0.480 e. The maximum atomic E-state index is 12.3. The number of carbonyl (C=O) groups is 3. The minimum absolute atomic E-state index is 0.0393. The normalized spacial score (nSPS) is 13.0. The monoisotopic (exact) mass is 481 g/mol. The SMILES string of the molecule is COC[C@H](NC(=O)c1cnc(CNC(=O)OCC2c3ccccc3-c3ccccc32)s1)C(=O)O. The van der Waals surface area contributed by atoms with E-state index < -0.39 is 24.0 Å². The molecule has 1 aromatic heterocycles. The van der Waals surface area contributed by atoms with E-state index in [1.54, 1.807) is 0 Å². The summed E-state index contributed by atoms with van der Waals surface area (Å²) < 4.78 is 10.3. The van der Waals surface area contributed by atoms with Crippen LogP contribution in [0.15, 0.2) is 54.7 Å². The maximum Gasteiger partial charge on any atom is 0.407 e. The highest BCUT2D eigenvalue weighted by molar-refractivity contribution is 7.13. The molecule has 3 N–H and O–H groups in total. The zero-order valence-electron chi connectivity index (χ0n) is 18.3. The molecule has 2 amide bonds. The number of nitrogens with zero attached hydrogens (tertiary/aromatic N) is 1. The third-order valence-electron chi connectivity index (χ3n) is 5.44. The average molecular weight is 482 g/mol.